The van der Waals surface area contributed by atoms with Crippen LogP contribution in [0.3, 0.4) is 0 Å². The zero-order valence-electron chi connectivity index (χ0n) is 29.2. The molecule has 3 radical (unpaired) electrons. The molecule has 2 N–H and O–H groups in total. The van der Waals surface area contributed by atoms with Gasteiger partial charge in [0.05, 0.1) is 0 Å². The topological polar surface area (TPSA) is 117 Å². The minimum Gasteiger partial charge on any atom is -0.386 e. The van der Waals surface area contributed by atoms with Crippen molar-refractivity contribution in [3.63, 3.8) is 0 Å². The number of carbonyl (C=O) groups excluding carboxylic acids is 2. The minimum absolute atomic E-state index is 0. The summed E-state index contributed by atoms with van der Waals surface area (Å²) in [6.07, 6.45) is 16.5. The monoisotopic (exact) mass is 657 g/mol. The molecule has 2 unspecified atom stereocenters. The molecule has 44 heavy (non-hydrogen) atoms. The molecule has 0 amide bonds. The molecule has 0 bridgehead atoms. The second-order valence-electron chi connectivity index (χ2n) is 16.1. The second kappa shape index (κ2) is 15.1. The molecular weight excluding hydrogens is 604 g/mol. The molecule has 0 spiro atoms. The van der Waals surface area contributed by atoms with Crippen molar-refractivity contribution in [1.82, 2.24) is 10.6 Å². The number of ketones is 2. The smallest absolute Gasteiger partial charge is 0.191 e. The van der Waals surface area contributed by atoms with Gasteiger partial charge in [0, 0.05) is 66.6 Å². The van der Waals surface area contributed by atoms with E-state index in [2.05, 4.69) is 118 Å². The number of hydrogen-bond acceptors (Lipinski definition) is 4. The minimum atomic E-state index is -0.228. The Kier molecular flexibility index (Phi) is 13.5. The predicted molar refractivity (Wildman–Crippen MR) is 184 cm³/mol. The van der Waals surface area contributed by atoms with E-state index in [1.54, 1.807) is 0 Å². The normalized spacial score (nSPS) is 23.3. The van der Waals surface area contributed by atoms with Crippen LogP contribution in [0.1, 0.15) is 109 Å². The van der Waals surface area contributed by atoms with Crippen molar-refractivity contribution in [3.8, 4) is 0 Å². The SMILES string of the molecule is CC(C)(C)C1=C/C(=C/NC2CCCCC2N/C=C2/C=C(C(C)(C)C)C=C(C(C)(C)C)C2=O)C(=O)C(C(C)(C)C)=C1.[Ga].[N-]=[N+]=[N-]. The van der Waals surface area contributed by atoms with E-state index in [9.17, 15) is 9.59 Å². The van der Waals surface area contributed by atoms with Crippen molar-refractivity contribution in [3.05, 3.63) is 86.1 Å². The number of allylic oxidation sites excluding steroid dienone is 10. The molecule has 7 nitrogen and oxygen atoms in total. The summed E-state index contributed by atoms with van der Waals surface area (Å²) >= 11 is 0. The average molecular weight is 659 g/mol. The number of nitrogens with zero attached hydrogens (tertiary/aromatic N) is 3. The molecule has 3 aliphatic carbocycles. The first-order valence-corrected chi connectivity index (χ1v) is 15.5. The van der Waals surface area contributed by atoms with Crippen molar-refractivity contribution in [2.45, 2.75) is 121 Å². The predicted octanol–water partition coefficient (Wildman–Crippen LogP) is 8.79. The van der Waals surface area contributed by atoms with Gasteiger partial charge in [0.1, 0.15) is 0 Å². The molecule has 2 atom stereocenters. The molecule has 0 saturated heterocycles. The van der Waals surface area contributed by atoms with Gasteiger partial charge < -0.3 is 21.7 Å². The third-order valence-corrected chi connectivity index (χ3v) is 8.26. The number of Topliss-reactive ketones (excluding diaryl/α,β-unsaturated/α-hetero) is 2. The Morgan fingerprint density at radius 3 is 1.16 bits per heavy atom. The molecule has 1 saturated carbocycles. The zero-order valence-corrected chi connectivity index (χ0v) is 31.6. The Balaban J connectivity index is 0.00000232. The van der Waals surface area contributed by atoms with Gasteiger partial charge in [-0.25, -0.2) is 0 Å². The summed E-state index contributed by atoms with van der Waals surface area (Å²) in [7, 11) is 0. The Bertz CT molecular complexity index is 1210. The molecule has 3 aliphatic rings. The Morgan fingerprint density at radius 1 is 0.614 bits per heavy atom. The summed E-state index contributed by atoms with van der Waals surface area (Å²) in [5.41, 5.74) is 18.4. The van der Waals surface area contributed by atoms with Crippen molar-refractivity contribution in [1.29, 1.82) is 0 Å². The van der Waals surface area contributed by atoms with Crippen LogP contribution in [0.15, 0.2) is 70.1 Å². The fraction of sp³-hybridized carbons (Fsp3) is 0.611. The third-order valence-electron chi connectivity index (χ3n) is 8.26. The molecule has 239 valence electrons. The van der Waals surface area contributed by atoms with E-state index in [0.717, 1.165) is 48.0 Å². The van der Waals surface area contributed by atoms with Gasteiger partial charge in [-0.2, -0.15) is 0 Å². The molecular formula is C36H54GaN5O2-. The van der Waals surface area contributed by atoms with E-state index >= 15 is 0 Å². The molecule has 3 rings (SSSR count). The number of nitrogens with one attached hydrogen (secondary N) is 2. The maximum absolute atomic E-state index is 13.5. The fourth-order valence-electron chi connectivity index (χ4n) is 5.42. The zero-order chi connectivity index (χ0) is 33.0. The van der Waals surface area contributed by atoms with Crippen LogP contribution < -0.4 is 10.6 Å². The van der Waals surface area contributed by atoms with E-state index in [-0.39, 0.29) is 65.1 Å². The maximum atomic E-state index is 13.5. The van der Waals surface area contributed by atoms with Crippen LogP contribution in [0.2, 0.25) is 0 Å². The molecule has 0 aromatic rings. The summed E-state index contributed by atoms with van der Waals surface area (Å²) in [5.74, 6) is 0.203. The molecule has 8 heteroatoms. The largest absolute Gasteiger partial charge is 0.386 e. The fourth-order valence-corrected chi connectivity index (χ4v) is 5.42. The van der Waals surface area contributed by atoms with E-state index in [1.807, 2.05) is 12.4 Å². The van der Waals surface area contributed by atoms with Gasteiger partial charge in [0.15, 0.2) is 11.6 Å². The van der Waals surface area contributed by atoms with Crippen LogP contribution in [-0.4, -0.2) is 43.4 Å². The van der Waals surface area contributed by atoms with E-state index in [1.165, 1.54) is 16.1 Å². The Morgan fingerprint density at radius 2 is 0.909 bits per heavy atom. The van der Waals surface area contributed by atoms with E-state index < -0.39 is 0 Å². The molecule has 0 aliphatic heterocycles. The molecule has 0 aromatic carbocycles. The van der Waals surface area contributed by atoms with Crippen LogP contribution in [0.5, 0.6) is 0 Å². The van der Waals surface area contributed by atoms with E-state index in [0.29, 0.717) is 0 Å². The van der Waals surface area contributed by atoms with Gasteiger partial charge >= 0.3 is 0 Å². The van der Waals surface area contributed by atoms with Crippen LogP contribution in [0, 0.1) is 21.7 Å². The standard InChI is InChI=1S/C36H54N2O2.Ga.N3/c1-33(2,3)25-17-23(31(39)27(19-25)35(7,8)9)21-37-29-15-13-14-16-30(29)38-22-24-18-26(34(4,5)6)20-28(32(24)40)36(10,11)12;;1-3-2/h17-22,29-30,37-38H,13-16H2,1-12H3;;/q;;-1/b23-21-,24-22-;;. The summed E-state index contributed by atoms with van der Waals surface area (Å²) in [6.45, 7) is 25.8. The van der Waals surface area contributed by atoms with Gasteiger partial charge in [-0.05, 0) is 57.8 Å². The average Bonchev–Trinajstić information content (AvgIpc) is 2.85. The Hall–Kier alpha value is -2.67. The molecule has 1 fully saturated rings. The summed E-state index contributed by atoms with van der Waals surface area (Å²) < 4.78 is 0. The first-order chi connectivity index (χ1) is 19.6. The first-order valence-electron chi connectivity index (χ1n) is 15.5. The third kappa shape index (κ3) is 10.5. The van der Waals surface area contributed by atoms with Gasteiger partial charge in [-0.15, -0.1) is 0 Å². The van der Waals surface area contributed by atoms with Gasteiger partial charge in [-0.1, -0.05) is 108 Å². The number of rotatable bonds is 4. The van der Waals surface area contributed by atoms with Crippen LogP contribution >= 0.6 is 0 Å². The van der Waals surface area contributed by atoms with Crippen molar-refractivity contribution >= 4 is 31.4 Å². The summed E-state index contributed by atoms with van der Waals surface area (Å²) in [5, 5.41) is 7.25. The number of hydrogen-bond donors (Lipinski definition) is 2. The molecule has 0 heterocycles. The summed E-state index contributed by atoms with van der Waals surface area (Å²) in [6, 6.07) is 0.340. The van der Waals surface area contributed by atoms with Gasteiger partial charge in [0.25, 0.3) is 0 Å². The van der Waals surface area contributed by atoms with Gasteiger partial charge in [-0.3, -0.25) is 14.5 Å². The van der Waals surface area contributed by atoms with Crippen molar-refractivity contribution in [2.75, 3.05) is 0 Å². The molecule has 0 aromatic heterocycles. The van der Waals surface area contributed by atoms with Crippen LogP contribution in [0.4, 0.5) is 0 Å². The van der Waals surface area contributed by atoms with Crippen LogP contribution in [-0.2, 0) is 9.59 Å². The quantitative estimate of drug-likeness (QED) is 0.103. The number of carbonyl (C=O) groups is 2. The van der Waals surface area contributed by atoms with Crippen LogP contribution in [0.25, 0.3) is 16.0 Å². The van der Waals surface area contributed by atoms with E-state index in [4.69, 9.17) is 11.1 Å². The van der Waals surface area contributed by atoms with Crippen molar-refractivity contribution in [2.24, 2.45) is 21.7 Å². The maximum Gasteiger partial charge on any atom is 0.191 e. The summed E-state index contributed by atoms with van der Waals surface area (Å²) in [4.78, 5) is 28.5. The first kappa shape index (κ1) is 39.4. The Labute approximate surface area is 279 Å². The van der Waals surface area contributed by atoms with Crippen molar-refractivity contribution < 1.29 is 9.59 Å². The van der Waals surface area contributed by atoms with Gasteiger partial charge in [0.2, 0.25) is 0 Å². The second-order valence-corrected chi connectivity index (χ2v) is 16.1.